The lowest BCUT2D eigenvalue weighted by atomic mass is 10.0. The van der Waals surface area contributed by atoms with E-state index in [0.717, 1.165) is 16.9 Å². The van der Waals surface area contributed by atoms with Gasteiger partial charge in [0.25, 0.3) is 0 Å². The van der Waals surface area contributed by atoms with Gasteiger partial charge in [0.2, 0.25) is 0 Å². The van der Waals surface area contributed by atoms with Gasteiger partial charge in [0, 0.05) is 22.6 Å². The third kappa shape index (κ3) is 3.36. The van der Waals surface area contributed by atoms with E-state index < -0.39 is 0 Å². The highest BCUT2D eigenvalue weighted by Gasteiger charge is 2.11. The van der Waals surface area contributed by atoms with Gasteiger partial charge >= 0.3 is 0 Å². The zero-order valence-corrected chi connectivity index (χ0v) is 11.7. The minimum absolute atomic E-state index is 0.0337. The summed E-state index contributed by atoms with van der Waals surface area (Å²) in [7, 11) is 1.61. The van der Waals surface area contributed by atoms with E-state index in [1.165, 1.54) is 0 Å². The van der Waals surface area contributed by atoms with E-state index in [-0.39, 0.29) is 5.78 Å². The molecule has 2 aromatic rings. The van der Waals surface area contributed by atoms with Crippen molar-refractivity contribution in [2.24, 2.45) is 0 Å². The van der Waals surface area contributed by atoms with E-state index in [0.29, 0.717) is 17.0 Å². The fourth-order valence-electron chi connectivity index (χ4n) is 1.98. The Bertz CT molecular complexity index is 605. The Labute approximate surface area is 118 Å². The Morgan fingerprint density at radius 1 is 1.21 bits per heavy atom. The molecule has 0 unspecified atom stereocenters. The molecule has 19 heavy (non-hydrogen) atoms. The highest BCUT2D eigenvalue weighted by molar-refractivity contribution is 6.31. The molecule has 0 bridgehead atoms. The number of benzene rings is 2. The maximum Gasteiger partial charge on any atom is 0.167 e. The zero-order valence-electron chi connectivity index (χ0n) is 10.9. The summed E-state index contributed by atoms with van der Waals surface area (Å²) in [6.45, 7) is 1.99. The van der Waals surface area contributed by atoms with Gasteiger partial charge in [-0.3, -0.25) is 4.79 Å². The van der Waals surface area contributed by atoms with Crippen molar-refractivity contribution in [3.63, 3.8) is 0 Å². The van der Waals surface area contributed by atoms with Gasteiger partial charge in [-0.05, 0) is 25.1 Å². The van der Waals surface area contributed by atoms with E-state index in [9.17, 15) is 4.79 Å². The molecule has 0 saturated heterocycles. The first-order valence-electron chi connectivity index (χ1n) is 6.02. The molecule has 98 valence electrons. The van der Waals surface area contributed by atoms with Crippen LogP contribution < -0.4 is 4.74 Å². The molecule has 3 heteroatoms. The second kappa shape index (κ2) is 5.89. The molecule has 0 fully saturated rings. The molecule has 0 atom stereocenters. The molecule has 0 amide bonds. The monoisotopic (exact) mass is 274 g/mol. The van der Waals surface area contributed by atoms with Gasteiger partial charge < -0.3 is 4.74 Å². The largest absolute Gasteiger partial charge is 0.496 e. The van der Waals surface area contributed by atoms with Crippen LogP contribution in [0.2, 0.25) is 5.02 Å². The Morgan fingerprint density at radius 3 is 2.68 bits per heavy atom. The summed E-state index contributed by atoms with van der Waals surface area (Å²) in [4.78, 5) is 12.2. The van der Waals surface area contributed by atoms with Crippen LogP contribution in [-0.2, 0) is 6.42 Å². The molecule has 2 nitrogen and oxygen atoms in total. The number of Topliss-reactive ketones (excluding diaryl/α,β-unsaturated/α-hetero) is 1. The minimum atomic E-state index is 0.0337. The fourth-order valence-corrected chi connectivity index (χ4v) is 2.17. The number of carbonyl (C=O) groups excluding carboxylic acids is 1. The van der Waals surface area contributed by atoms with Crippen LogP contribution in [0, 0.1) is 6.92 Å². The van der Waals surface area contributed by atoms with Crippen LogP contribution in [0.4, 0.5) is 0 Å². The standard InChI is InChI=1S/C16H15ClO2/c1-11-6-7-16(19-2)13(8-11)10-15(18)12-4-3-5-14(17)9-12/h3-9H,10H2,1-2H3. The predicted molar refractivity (Wildman–Crippen MR) is 77.2 cm³/mol. The summed E-state index contributed by atoms with van der Waals surface area (Å²) in [5, 5.41) is 0.571. The van der Waals surface area contributed by atoms with Crippen molar-refractivity contribution in [2.75, 3.05) is 7.11 Å². The summed E-state index contributed by atoms with van der Waals surface area (Å²) >= 11 is 5.90. The first kappa shape index (κ1) is 13.6. The minimum Gasteiger partial charge on any atom is -0.496 e. The van der Waals surface area contributed by atoms with Gasteiger partial charge in [-0.15, -0.1) is 0 Å². The Morgan fingerprint density at radius 2 is 2.00 bits per heavy atom. The first-order chi connectivity index (χ1) is 9.10. The maximum atomic E-state index is 12.2. The van der Waals surface area contributed by atoms with Gasteiger partial charge in [0.05, 0.1) is 7.11 Å². The SMILES string of the molecule is COc1ccc(C)cc1CC(=O)c1cccc(Cl)c1. The Balaban J connectivity index is 2.26. The molecule has 0 radical (unpaired) electrons. The predicted octanol–water partition coefficient (Wildman–Crippen LogP) is 4.08. The average Bonchev–Trinajstić information content (AvgIpc) is 2.39. The molecule has 0 spiro atoms. The van der Waals surface area contributed by atoms with Crippen molar-refractivity contribution in [3.8, 4) is 5.75 Å². The molecule has 0 aliphatic rings. The number of aryl methyl sites for hydroxylation is 1. The third-order valence-corrected chi connectivity index (χ3v) is 3.17. The van der Waals surface area contributed by atoms with E-state index in [4.69, 9.17) is 16.3 Å². The van der Waals surface area contributed by atoms with E-state index in [1.807, 2.05) is 25.1 Å². The Kier molecular flexibility index (Phi) is 4.23. The molecule has 2 aromatic carbocycles. The third-order valence-electron chi connectivity index (χ3n) is 2.93. The molecule has 0 aromatic heterocycles. The van der Waals surface area contributed by atoms with E-state index in [2.05, 4.69) is 0 Å². The van der Waals surface area contributed by atoms with Crippen molar-refractivity contribution in [1.82, 2.24) is 0 Å². The average molecular weight is 275 g/mol. The van der Waals surface area contributed by atoms with Crippen molar-refractivity contribution >= 4 is 17.4 Å². The van der Waals surface area contributed by atoms with Crippen molar-refractivity contribution in [1.29, 1.82) is 0 Å². The van der Waals surface area contributed by atoms with Crippen LogP contribution in [0.15, 0.2) is 42.5 Å². The number of ether oxygens (including phenoxy) is 1. The van der Waals surface area contributed by atoms with Gasteiger partial charge in [-0.1, -0.05) is 41.4 Å². The molecule has 0 aliphatic heterocycles. The lowest BCUT2D eigenvalue weighted by Crippen LogP contribution is -2.05. The highest BCUT2D eigenvalue weighted by Crippen LogP contribution is 2.22. The van der Waals surface area contributed by atoms with Crippen LogP contribution in [0.25, 0.3) is 0 Å². The first-order valence-corrected chi connectivity index (χ1v) is 6.40. The molecule has 2 rings (SSSR count). The van der Waals surface area contributed by atoms with Crippen molar-refractivity contribution in [3.05, 3.63) is 64.2 Å². The van der Waals surface area contributed by atoms with Crippen LogP contribution >= 0.6 is 11.6 Å². The number of hydrogen-bond acceptors (Lipinski definition) is 2. The summed E-state index contributed by atoms with van der Waals surface area (Å²) in [6, 6.07) is 12.8. The van der Waals surface area contributed by atoms with Gasteiger partial charge in [-0.2, -0.15) is 0 Å². The fraction of sp³-hybridized carbons (Fsp3) is 0.188. The number of halogens is 1. The molecular weight excluding hydrogens is 260 g/mol. The number of hydrogen-bond donors (Lipinski definition) is 0. The molecule has 0 heterocycles. The summed E-state index contributed by atoms with van der Waals surface area (Å²) in [5.41, 5.74) is 2.62. The second-order valence-electron chi connectivity index (χ2n) is 4.43. The van der Waals surface area contributed by atoms with Crippen LogP contribution in [-0.4, -0.2) is 12.9 Å². The highest BCUT2D eigenvalue weighted by atomic mass is 35.5. The van der Waals surface area contributed by atoms with Crippen LogP contribution in [0.5, 0.6) is 5.75 Å². The topological polar surface area (TPSA) is 26.3 Å². The maximum absolute atomic E-state index is 12.2. The smallest absolute Gasteiger partial charge is 0.167 e. The number of rotatable bonds is 4. The second-order valence-corrected chi connectivity index (χ2v) is 4.86. The van der Waals surface area contributed by atoms with Gasteiger partial charge in [0.1, 0.15) is 5.75 Å². The Hall–Kier alpha value is -1.80. The molecule has 0 N–H and O–H groups in total. The molecule has 0 saturated carbocycles. The van der Waals surface area contributed by atoms with Crippen LogP contribution in [0.1, 0.15) is 21.5 Å². The molecular formula is C16H15ClO2. The zero-order chi connectivity index (χ0) is 13.8. The summed E-state index contributed by atoms with van der Waals surface area (Å²) in [5.74, 6) is 0.771. The van der Waals surface area contributed by atoms with E-state index in [1.54, 1.807) is 31.4 Å². The summed E-state index contributed by atoms with van der Waals surface area (Å²) in [6.07, 6.45) is 0.311. The lowest BCUT2D eigenvalue weighted by molar-refractivity contribution is 0.0992. The van der Waals surface area contributed by atoms with Gasteiger partial charge in [0.15, 0.2) is 5.78 Å². The van der Waals surface area contributed by atoms with Crippen molar-refractivity contribution in [2.45, 2.75) is 13.3 Å². The number of ketones is 1. The number of carbonyl (C=O) groups is 1. The normalized spacial score (nSPS) is 10.3. The van der Waals surface area contributed by atoms with Crippen molar-refractivity contribution < 1.29 is 9.53 Å². The van der Waals surface area contributed by atoms with Gasteiger partial charge in [-0.25, -0.2) is 0 Å². The lowest BCUT2D eigenvalue weighted by Gasteiger charge is -2.09. The number of methoxy groups -OCH3 is 1. The summed E-state index contributed by atoms with van der Waals surface area (Å²) < 4.78 is 5.28. The quantitative estimate of drug-likeness (QED) is 0.785. The van der Waals surface area contributed by atoms with Crippen LogP contribution in [0.3, 0.4) is 0 Å². The van der Waals surface area contributed by atoms with E-state index >= 15 is 0 Å². The molecule has 0 aliphatic carbocycles.